The van der Waals surface area contributed by atoms with E-state index in [9.17, 15) is 4.79 Å². The van der Waals surface area contributed by atoms with E-state index in [1.807, 2.05) is 12.1 Å². The van der Waals surface area contributed by atoms with Crippen molar-refractivity contribution in [3.63, 3.8) is 0 Å². The quantitative estimate of drug-likeness (QED) is 0.765. The summed E-state index contributed by atoms with van der Waals surface area (Å²) < 4.78 is 11.5. The highest BCUT2D eigenvalue weighted by Crippen LogP contribution is 2.31. The van der Waals surface area contributed by atoms with Gasteiger partial charge in [0, 0.05) is 6.42 Å². The highest BCUT2D eigenvalue weighted by atomic mass is 16.7. The van der Waals surface area contributed by atoms with Gasteiger partial charge in [0.2, 0.25) is 0 Å². The first kappa shape index (κ1) is 13.1. The molecule has 1 aliphatic heterocycles. The Kier molecular flexibility index (Phi) is 4.37. The second-order valence-electron chi connectivity index (χ2n) is 4.95. The predicted octanol–water partition coefficient (Wildman–Crippen LogP) is 3.53. The molecule has 3 nitrogen and oxygen atoms in total. The molecule has 98 valence electrons. The summed E-state index contributed by atoms with van der Waals surface area (Å²) in [5.74, 6) is 1.01. The van der Waals surface area contributed by atoms with E-state index in [1.54, 1.807) is 6.07 Å². The fourth-order valence-corrected chi connectivity index (χ4v) is 2.19. The monoisotopic (exact) mass is 248 g/mol. The van der Waals surface area contributed by atoms with Crippen molar-refractivity contribution < 1.29 is 14.3 Å². The minimum Gasteiger partial charge on any atom is -0.464 e. The van der Waals surface area contributed by atoms with Crippen molar-refractivity contribution in [2.75, 3.05) is 6.61 Å². The molecule has 0 radical (unpaired) electrons. The van der Waals surface area contributed by atoms with Crippen LogP contribution in [-0.2, 0) is 4.74 Å². The number of carbonyl (C=O) groups excluding carboxylic acids is 1. The van der Waals surface area contributed by atoms with Crippen molar-refractivity contribution in [3.8, 4) is 5.75 Å². The molecule has 1 unspecified atom stereocenters. The second kappa shape index (κ2) is 6.01. The number of rotatable bonds is 4. The largest absolute Gasteiger partial charge is 0.464 e. The Balaban J connectivity index is 2.25. The lowest BCUT2D eigenvalue weighted by Gasteiger charge is -2.26. The molecule has 1 aromatic rings. The third-order valence-electron chi connectivity index (χ3n) is 3.21. The molecule has 1 heterocycles. The highest BCUT2D eigenvalue weighted by Gasteiger charge is 2.20. The molecule has 1 atom stereocenters. The maximum atomic E-state index is 11.1. The van der Waals surface area contributed by atoms with E-state index < -0.39 is 0 Å². The summed E-state index contributed by atoms with van der Waals surface area (Å²) in [6.45, 7) is 4.93. The molecule has 0 N–H and O–H groups in total. The third kappa shape index (κ3) is 2.91. The maximum Gasteiger partial charge on any atom is 0.199 e. The SMILES string of the molecule is CC(C)c1cccc(C=O)c1OC1CCCCO1. The van der Waals surface area contributed by atoms with Crippen molar-refractivity contribution in [3.05, 3.63) is 29.3 Å². The number of hydrogen-bond acceptors (Lipinski definition) is 3. The highest BCUT2D eigenvalue weighted by molar-refractivity contribution is 5.80. The number of benzene rings is 1. The molecule has 0 aromatic heterocycles. The summed E-state index contributed by atoms with van der Waals surface area (Å²) in [5, 5.41) is 0. The topological polar surface area (TPSA) is 35.5 Å². The predicted molar refractivity (Wildman–Crippen MR) is 70.1 cm³/mol. The molecule has 1 fully saturated rings. The van der Waals surface area contributed by atoms with Gasteiger partial charge in [0.05, 0.1) is 12.2 Å². The van der Waals surface area contributed by atoms with Gasteiger partial charge in [-0.1, -0.05) is 26.0 Å². The van der Waals surface area contributed by atoms with Crippen molar-refractivity contribution in [1.29, 1.82) is 0 Å². The summed E-state index contributed by atoms with van der Waals surface area (Å²) in [5.41, 5.74) is 1.67. The van der Waals surface area contributed by atoms with Gasteiger partial charge in [0.1, 0.15) is 5.75 Å². The molecule has 3 heteroatoms. The first-order valence-corrected chi connectivity index (χ1v) is 6.58. The lowest BCUT2D eigenvalue weighted by molar-refractivity contribution is -0.106. The summed E-state index contributed by atoms with van der Waals surface area (Å²) >= 11 is 0. The van der Waals surface area contributed by atoms with Crippen LogP contribution in [0.25, 0.3) is 0 Å². The van der Waals surface area contributed by atoms with Gasteiger partial charge in [-0.15, -0.1) is 0 Å². The average molecular weight is 248 g/mol. The van der Waals surface area contributed by atoms with E-state index in [0.29, 0.717) is 17.2 Å². The van der Waals surface area contributed by atoms with Crippen molar-refractivity contribution in [2.45, 2.75) is 45.3 Å². The van der Waals surface area contributed by atoms with Crippen LogP contribution in [0.4, 0.5) is 0 Å². The number of hydrogen-bond donors (Lipinski definition) is 0. The van der Waals surface area contributed by atoms with E-state index >= 15 is 0 Å². The van der Waals surface area contributed by atoms with Gasteiger partial charge >= 0.3 is 0 Å². The molecule has 2 rings (SSSR count). The normalized spacial score (nSPS) is 19.8. The van der Waals surface area contributed by atoms with E-state index in [1.165, 1.54) is 0 Å². The first-order chi connectivity index (χ1) is 8.72. The Hall–Kier alpha value is -1.35. The molecular formula is C15H20O3. The number of ether oxygens (including phenoxy) is 2. The molecule has 0 saturated carbocycles. The zero-order valence-electron chi connectivity index (χ0n) is 11.0. The van der Waals surface area contributed by atoms with Crippen LogP contribution < -0.4 is 4.74 Å². The van der Waals surface area contributed by atoms with Gasteiger partial charge in [-0.25, -0.2) is 0 Å². The fraction of sp³-hybridized carbons (Fsp3) is 0.533. The van der Waals surface area contributed by atoms with Gasteiger partial charge < -0.3 is 9.47 Å². The summed E-state index contributed by atoms with van der Waals surface area (Å²) in [7, 11) is 0. The second-order valence-corrected chi connectivity index (χ2v) is 4.95. The Bertz CT molecular complexity index is 406. The van der Waals surface area contributed by atoms with Crippen molar-refractivity contribution in [2.24, 2.45) is 0 Å². The fourth-order valence-electron chi connectivity index (χ4n) is 2.19. The van der Waals surface area contributed by atoms with Crippen LogP contribution >= 0.6 is 0 Å². The standard InChI is InChI=1S/C15H20O3/c1-11(2)13-7-5-6-12(10-16)15(13)18-14-8-3-4-9-17-14/h5-7,10-11,14H,3-4,8-9H2,1-2H3. The van der Waals surface area contributed by atoms with Gasteiger partial charge in [0.15, 0.2) is 12.6 Å². The summed E-state index contributed by atoms with van der Waals surface area (Å²) in [6, 6.07) is 5.69. The van der Waals surface area contributed by atoms with Gasteiger partial charge in [-0.05, 0) is 30.4 Å². The molecular weight excluding hydrogens is 228 g/mol. The van der Waals surface area contributed by atoms with E-state index in [0.717, 1.165) is 37.7 Å². The average Bonchev–Trinajstić information content (AvgIpc) is 2.40. The molecule has 18 heavy (non-hydrogen) atoms. The Morgan fingerprint density at radius 2 is 2.22 bits per heavy atom. The van der Waals surface area contributed by atoms with Crippen LogP contribution in [0.15, 0.2) is 18.2 Å². The van der Waals surface area contributed by atoms with Crippen molar-refractivity contribution >= 4 is 6.29 Å². The smallest absolute Gasteiger partial charge is 0.199 e. The Labute approximate surface area is 108 Å². The molecule has 0 spiro atoms. The van der Waals surface area contributed by atoms with E-state index in [-0.39, 0.29) is 6.29 Å². The first-order valence-electron chi connectivity index (χ1n) is 6.58. The number of aldehydes is 1. The van der Waals surface area contributed by atoms with Crippen molar-refractivity contribution in [1.82, 2.24) is 0 Å². The molecule has 0 aliphatic carbocycles. The van der Waals surface area contributed by atoms with E-state index in [4.69, 9.17) is 9.47 Å². The Morgan fingerprint density at radius 1 is 1.39 bits per heavy atom. The minimum absolute atomic E-state index is 0.211. The lowest BCUT2D eigenvalue weighted by atomic mass is 9.99. The summed E-state index contributed by atoms with van der Waals surface area (Å²) in [4.78, 5) is 11.1. The lowest BCUT2D eigenvalue weighted by Crippen LogP contribution is -2.26. The zero-order chi connectivity index (χ0) is 13.0. The third-order valence-corrected chi connectivity index (χ3v) is 3.21. The summed E-state index contributed by atoms with van der Waals surface area (Å²) in [6.07, 6.45) is 3.74. The molecule has 1 aliphatic rings. The van der Waals surface area contributed by atoms with Gasteiger partial charge in [0.25, 0.3) is 0 Å². The van der Waals surface area contributed by atoms with Gasteiger partial charge in [-0.3, -0.25) is 4.79 Å². The van der Waals surface area contributed by atoms with Crippen LogP contribution in [0.5, 0.6) is 5.75 Å². The Morgan fingerprint density at radius 3 is 2.83 bits per heavy atom. The minimum atomic E-state index is -0.211. The van der Waals surface area contributed by atoms with Crippen LogP contribution in [0.1, 0.15) is 54.9 Å². The zero-order valence-corrected chi connectivity index (χ0v) is 11.0. The molecule has 0 bridgehead atoms. The maximum absolute atomic E-state index is 11.1. The van der Waals surface area contributed by atoms with Crippen LogP contribution in [0.3, 0.4) is 0 Å². The van der Waals surface area contributed by atoms with E-state index in [2.05, 4.69) is 13.8 Å². The molecule has 0 amide bonds. The van der Waals surface area contributed by atoms with Crippen LogP contribution in [0.2, 0.25) is 0 Å². The molecule has 1 aromatic carbocycles. The van der Waals surface area contributed by atoms with Gasteiger partial charge in [-0.2, -0.15) is 0 Å². The van der Waals surface area contributed by atoms with Crippen LogP contribution in [-0.4, -0.2) is 19.2 Å². The molecule has 1 saturated heterocycles. The number of carbonyl (C=O) groups is 1. The van der Waals surface area contributed by atoms with Crippen LogP contribution in [0, 0.1) is 0 Å². The number of para-hydroxylation sites is 1.